The van der Waals surface area contributed by atoms with Crippen molar-refractivity contribution in [1.82, 2.24) is 5.32 Å². The van der Waals surface area contributed by atoms with Gasteiger partial charge in [0.15, 0.2) is 5.78 Å². The van der Waals surface area contributed by atoms with E-state index in [-0.39, 0.29) is 22.8 Å². The number of carboxylic acids is 1. The number of hydrogen-bond donors (Lipinski definition) is 2. The molecule has 2 aliphatic rings. The van der Waals surface area contributed by atoms with Crippen LogP contribution in [0.3, 0.4) is 0 Å². The first kappa shape index (κ1) is 15.5. The van der Waals surface area contributed by atoms with E-state index in [2.05, 4.69) is 5.32 Å². The van der Waals surface area contributed by atoms with Crippen molar-refractivity contribution in [3.05, 3.63) is 58.4 Å². The van der Waals surface area contributed by atoms with Crippen molar-refractivity contribution in [2.45, 2.75) is 39.5 Å². The Kier molecular flexibility index (Phi) is 3.63. The van der Waals surface area contributed by atoms with Crippen molar-refractivity contribution in [2.75, 3.05) is 0 Å². The average molecular weight is 311 g/mol. The highest BCUT2D eigenvalue weighted by Gasteiger charge is 2.39. The van der Waals surface area contributed by atoms with Gasteiger partial charge in [0.1, 0.15) is 5.70 Å². The molecule has 0 bridgehead atoms. The van der Waals surface area contributed by atoms with Gasteiger partial charge in [-0.25, -0.2) is 4.79 Å². The van der Waals surface area contributed by atoms with Gasteiger partial charge in [0.05, 0.1) is 0 Å². The lowest BCUT2D eigenvalue weighted by Crippen LogP contribution is -2.37. The van der Waals surface area contributed by atoms with Crippen molar-refractivity contribution < 1.29 is 14.7 Å². The molecule has 1 unspecified atom stereocenters. The largest absolute Gasteiger partial charge is 0.477 e. The van der Waals surface area contributed by atoms with Crippen LogP contribution in [0.2, 0.25) is 0 Å². The van der Waals surface area contributed by atoms with E-state index < -0.39 is 5.97 Å². The number of aryl methyl sites for hydroxylation is 1. The van der Waals surface area contributed by atoms with Gasteiger partial charge in [-0.3, -0.25) is 4.79 Å². The molecule has 0 radical (unpaired) electrons. The van der Waals surface area contributed by atoms with Crippen LogP contribution in [0.15, 0.2) is 47.3 Å². The fourth-order valence-electron chi connectivity index (χ4n) is 3.42. The molecule has 0 spiro atoms. The number of aliphatic carboxylic acids is 1. The average Bonchev–Trinajstić information content (AvgIpc) is 2.45. The summed E-state index contributed by atoms with van der Waals surface area (Å²) in [5.74, 6) is -1.18. The Morgan fingerprint density at radius 3 is 2.48 bits per heavy atom. The van der Waals surface area contributed by atoms with Gasteiger partial charge in [0.2, 0.25) is 0 Å². The summed E-state index contributed by atoms with van der Waals surface area (Å²) in [4.78, 5) is 24.2. The van der Waals surface area contributed by atoms with Crippen molar-refractivity contribution in [1.29, 1.82) is 0 Å². The normalized spacial score (nSPS) is 23.0. The molecule has 0 saturated heterocycles. The van der Waals surface area contributed by atoms with Crippen LogP contribution in [0.1, 0.15) is 43.7 Å². The first-order chi connectivity index (χ1) is 10.8. The summed E-state index contributed by atoms with van der Waals surface area (Å²) >= 11 is 0. The number of allylic oxidation sites excluding steroid dienone is 3. The smallest absolute Gasteiger partial charge is 0.351 e. The molecule has 4 heteroatoms. The summed E-state index contributed by atoms with van der Waals surface area (Å²) < 4.78 is 0. The van der Waals surface area contributed by atoms with Crippen LogP contribution in [-0.4, -0.2) is 16.9 Å². The number of benzene rings is 1. The minimum Gasteiger partial charge on any atom is -0.477 e. The molecular formula is C19H21NO3. The van der Waals surface area contributed by atoms with E-state index in [1.807, 2.05) is 45.0 Å². The lowest BCUT2D eigenvalue weighted by molar-refractivity contribution is -0.133. The molecule has 1 heterocycles. The molecule has 4 nitrogen and oxygen atoms in total. The second-order valence-electron chi connectivity index (χ2n) is 7.23. The maximum absolute atomic E-state index is 12.7. The number of hydrogen-bond acceptors (Lipinski definition) is 3. The van der Waals surface area contributed by atoms with E-state index in [0.717, 1.165) is 22.4 Å². The van der Waals surface area contributed by atoms with Crippen molar-refractivity contribution >= 4 is 11.8 Å². The summed E-state index contributed by atoms with van der Waals surface area (Å²) in [5, 5.41) is 12.4. The molecular weight excluding hydrogens is 290 g/mol. The Balaban J connectivity index is 2.11. The lowest BCUT2D eigenvalue weighted by Gasteiger charge is -2.37. The molecule has 120 valence electrons. The summed E-state index contributed by atoms with van der Waals surface area (Å²) in [7, 11) is 0. The maximum atomic E-state index is 12.7. The van der Waals surface area contributed by atoms with Gasteiger partial charge in [-0.05, 0) is 30.4 Å². The van der Waals surface area contributed by atoms with Crippen LogP contribution in [0.4, 0.5) is 0 Å². The zero-order chi connectivity index (χ0) is 16.8. The molecule has 0 aromatic heterocycles. The molecule has 23 heavy (non-hydrogen) atoms. The van der Waals surface area contributed by atoms with Gasteiger partial charge in [-0.15, -0.1) is 0 Å². The number of dihydropyridines is 1. The molecule has 1 aromatic carbocycles. The number of carbonyl (C=O) groups excluding carboxylic acids is 1. The van der Waals surface area contributed by atoms with Crippen molar-refractivity contribution in [2.24, 2.45) is 5.41 Å². The van der Waals surface area contributed by atoms with Crippen LogP contribution < -0.4 is 5.32 Å². The SMILES string of the molecule is Cc1ccc(C2C=C(C(=O)O)NC3=C2C(=O)CC(C)(C)C3)cc1. The van der Waals surface area contributed by atoms with Gasteiger partial charge >= 0.3 is 5.97 Å². The molecule has 3 rings (SSSR count). The molecule has 0 fully saturated rings. The highest BCUT2D eigenvalue weighted by molar-refractivity contribution is 6.01. The summed E-state index contributed by atoms with van der Waals surface area (Å²) in [5.41, 5.74) is 3.57. The molecule has 0 amide bonds. The third-order valence-corrected chi connectivity index (χ3v) is 4.52. The van der Waals surface area contributed by atoms with E-state index in [4.69, 9.17) is 0 Å². The second kappa shape index (κ2) is 5.37. The van der Waals surface area contributed by atoms with Crippen LogP contribution in [0.5, 0.6) is 0 Å². The van der Waals surface area contributed by atoms with E-state index in [1.54, 1.807) is 6.08 Å². The highest BCUT2D eigenvalue weighted by Crippen LogP contribution is 2.43. The van der Waals surface area contributed by atoms with Gasteiger partial charge in [0.25, 0.3) is 0 Å². The number of carbonyl (C=O) groups is 2. The monoisotopic (exact) mass is 311 g/mol. The van der Waals surface area contributed by atoms with Crippen LogP contribution >= 0.6 is 0 Å². The number of ketones is 1. The Hall–Kier alpha value is -2.36. The molecule has 2 N–H and O–H groups in total. The van der Waals surface area contributed by atoms with Crippen LogP contribution in [0.25, 0.3) is 0 Å². The van der Waals surface area contributed by atoms with Crippen molar-refractivity contribution in [3.63, 3.8) is 0 Å². The van der Waals surface area contributed by atoms with Gasteiger partial charge in [-0.2, -0.15) is 0 Å². The zero-order valence-electron chi connectivity index (χ0n) is 13.6. The minimum atomic E-state index is -0.996. The second-order valence-corrected chi connectivity index (χ2v) is 7.23. The van der Waals surface area contributed by atoms with E-state index in [1.165, 1.54) is 0 Å². The van der Waals surface area contributed by atoms with Crippen molar-refractivity contribution in [3.8, 4) is 0 Å². The van der Waals surface area contributed by atoms with Gasteiger partial charge in [-0.1, -0.05) is 43.7 Å². The molecule has 0 saturated carbocycles. The first-order valence-electron chi connectivity index (χ1n) is 7.82. The number of carboxylic acid groups (broad SMARTS) is 1. The Morgan fingerprint density at radius 2 is 1.87 bits per heavy atom. The standard InChI is InChI=1S/C19H21NO3/c1-11-4-6-12(7-5-11)13-8-14(18(22)23)20-15-9-19(2,3)10-16(21)17(13)15/h4-8,13,20H,9-10H2,1-3H3,(H,22,23). The minimum absolute atomic E-state index is 0.106. The topological polar surface area (TPSA) is 66.4 Å². The number of nitrogens with one attached hydrogen (secondary N) is 1. The third kappa shape index (κ3) is 2.93. The molecule has 1 aliphatic carbocycles. The quantitative estimate of drug-likeness (QED) is 0.879. The maximum Gasteiger partial charge on any atom is 0.351 e. The fraction of sp³-hybridized carbons (Fsp3) is 0.368. The molecule has 1 aliphatic heterocycles. The number of Topliss-reactive ketones (excluding diaryl/α,β-unsaturated/α-hetero) is 1. The van der Waals surface area contributed by atoms with Crippen LogP contribution in [-0.2, 0) is 9.59 Å². The summed E-state index contributed by atoms with van der Waals surface area (Å²) in [6.45, 7) is 6.08. The Bertz CT molecular complexity index is 738. The Morgan fingerprint density at radius 1 is 1.22 bits per heavy atom. The third-order valence-electron chi connectivity index (χ3n) is 4.52. The number of rotatable bonds is 2. The molecule has 1 atom stereocenters. The predicted molar refractivity (Wildman–Crippen MR) is 87.8 cm³/mol. The van der Waals surface area contributed by atoms with Gasteiger partial charge in [0, 0.05) is 23.6 Å². The fourth-order valence-corrected chi connectivity index (χ4v) is 3.42. The van der Waals surface area contributed by atoms with E-state index >= 15 is 0 Å². The van der Waals surface area contributed by atoms with E-state index in [9.17, 15) is 14.7 Å². The predicted octanol–water partition coefficient (Wildman–Crippen LogP) is 3.29. The molecule has 1 aromatic rings. The summed E-state index contributed by atoms with van der Waals surface area (Å²) in [6.07, 6.45) is 2.83. The lowest BCUT2D eigenvalue weighted by atomic mass is 9.70. The highest BCUT2D eigenvalue weighted by atomic mass is 16.4. The van der Waals surface area contributed by atoms with Crippen LogP contribution in [0, 0.1) is 12.3 Å². The zero-order valence-corrected chi connectivity index (χ0v) is 13.6. The van der Waals surface area contributed by atoms with Gasteiger partial charge < -0.3 is 10.4 Å². The van der Waals surface area contributed by atoms with E-state index in [0.29, 0.717) is 12.8 Å². The Labute approximate surface area is 135 Å². The summed E-state index contributed by atoms with van der Waals surface area (Å²) in [6, 6.07) is 7.92. The first-order valence-corrected chi connectivity index (χ1v) is 7.82.